The molecular formula is C9H13N5. The second-order valence-electron chi connectivity index (χ2n) is 3.30. The second kappa shape index (κ2) is 3.26. The fourth-order valence-electron chi connectivity index (χ4n) is 1.46. The number of hydrogen-bond acceptors (Lipinski definition) is 3. The Morgan fingerprint density at radius 2 is 2.14 bits per heavy atom. The molecule has 5 nitrogen and oxygen atoms in total. The lowest BCUT2D eigenvalue weighted by Gasteiger charge is -2.09. The van der Waals surface area contributed by atoms with Crippen LogP contribution in [0, 0.1) is 0 Å². The van der Waals surface area contributed by atoms with E-state index in [1.807, 2.05) is 26.4 Å². The maximum Gasteiger partial charge on any atom is 0.0753 e. The van der Waals surface area contributed by atoms with Gasteiger partial charge in [-0.3, -0.25) is 9.36 Å². The summed E-state index contributed by atoms with van der Waals surface area (Å²) >= 11 is 0. The fourth-order valence-corrected chi connectivity index (χ4v) is 1.46. The van der Waals surface area contributed by atoms with Crippen LogP contribution in [0.25, 0.3) is 0 Å². The van der Waals surface area contributed by atoms with Gasteiger partial charge in [-0.15, -0.1) is 0 Å². The van der Waals surface area contributed by atoms with Gasteiger partial charge in [-0.05, 0) is 6.07 Å². The predicted octanol–water partition coefficient (Wildman–Crippen LogP) is 0.202. The van der Waals surface area contributed by atoms with Crippen LogP contribution in [-0.2, 0) is 14.1 Å². The molecule has 2 rings (SSSR count). The van der Waals surface area contributed by atoms with E-state index in [1.54, 1.807) is 21.8 Å². The Balaban J connectivity index is 2.33. The minimum Gasteiger partial charge on any atom is -0.319 e. The lowest BCUT2D eigenvalue weighted by Crippen LogP contribution is -2.15. The minimum absolute atomic E-state index is 0.156. The maximum atomic E-state index is 6.06. The van der Waals surface area contributed by atoms with Crippen LogP contribution in [0.3, 0.4) is 0 Å². The monoisotopic (exact) mass is 191 g/mol. The van der Waals surface area contributed by atoms with E-state index in [-0.39, 0.29) is 6.04 Å². The quantitative estimate of drug-likeness (QED) is 0.737. The summed E-state index contributed by atoms with van der Waals surface area (Å²) in [5.74, 6) is 0. The molecule has 5 heteroatoms. The van der Waals surface area contributed by atoms with Gasteiger partial charge in [0.2, 0.25) is 0 Å². The van der Waals surface area contributed by atoms with Gasteiger partial charge >= 0.3 is 0 Å². The van der Waals surface area contributed by atoms with Gasteiger partial charge in [-0.1, -0.05) is 0 Å². The van der Waals surface area contributed by atoms with Gasteiger partial charge in [0.25, 0.3) is 0 Å². The Morgan fingerprint density at radius 1 is 1.36 bits per heavy atom. The summed E-state index contributed by atoms with van der Waals surface area (Å²) in [5, 5.41) is 8.16. The number of aromatic nitrogens is 4. The van der Waals surface area contributed by atoms with Crippen molar-refractivity contribution in [2.75, 3.05) is 0 Å². The molecule has 74 valence electrons. The molecule has 0 amide bonds. The van der Waals surface area contributed by atoms with Crippen molar-refractivity contribution in [3.8, 4) is 0 Å². The molecule has 0 aliphatic carbocycles. The molecule has 0 aromatic carbocycles. The summed E-state index contributed by atoms with van der Waals surface area (Å²) in [7, 11) is 3.75. The van der Waals surface area contributed by atoms with Crippen LogP contribution in [-0.4, -0.2) is 19.6 Å². The first-order valence-electron chi connectivity index (χ1n) is 4.40. The highest BCUT2D eigenvalue weighted by molar-refractivity contribution is 5.22. The number of hydrogen-bond donors (Lipinski definition) is 1. The summed E-state index contributed by atoms with van der Waals surface area (Å²) in [6, 6.07) is 1.76. The number of aryl methyl sites for hydroxylation is 2. The first-order chi connectivity index (χ1) is 6.68. The first-order valence-corrected chi connectivity index (χ1v) is 4.40. The van der Waals surface area contributed by atoms with Crippen LogP contribution >= 0.6 is 0 Å². The van der Waals surface area contributed by atoms with E-state index in [2.05, 4.69) is 10.2 Å². The van der Waals surface area contributed by atoms with Gasteiger partial charge in [0, 0.05) is 32.1 Å². The van der Waals surface area contributed by atoms with Crippen molar-refractivity contribution >= 4 is 0 Å². The topological polar surface area (TPSA) is 61.7 Å². The van der Waals surface area contributed by atoms with E-state index in [4.69, 9.17) is 5.73 Å². The second-order valence-corrected chi connectivity index (χ2v) is 3.30. The van der Waals surface area contributed by atoms with Crippen molar-refractivity contribution in [3.05, 3.63) is 35.9 Å². The molecule has 2 heterocycles. The summed E-state index contributed by atoms with van der Waals surface area (Å²) in [6.45, 7) is 0. The Hall–Kier alpha value is -1.62. The summed E-state index contributed by atoms with van der Waals surface area (Å²) in [6.07, 6.45) is 5.43. The Bertz CT molecular complexity index is 428. The SMILES string of the molecule is Cn1cc(C(N)c2ccnn2C)cn1. The molecule has 2 N–H and O–H groups in total. The van der Waals surface area contributed by atoms with Gasteiger partial charge in [0.15, 0.2) is 0 Å². The van der Waals surface area contributed by atoms with Crippen molar-refractivity contribution in [1.82, 2.24) is 19.6 Å². The average Bonchev–Trinajstić information content (AvgIpc) is 2.73. The highest BCUT2D eigenvalue weighted by Crippen LogP contribution is 2.17. The molecule has 1 unspecified atom stereocenters. The standard InChI is InChI=1S/C9H13N5/c1-13-6-7(5-12-13)9(10)8-3-4-11-14(8)2/h3-6,9H,10H2,1-2H3. The van der Waals surface area contributed by atoms with Gasteiger partial charge in [0.05, 0.1) is 17.9 Å². The van der Waals surface area contributed by atoms with E-state index < -0.39 is 0 Å². The fraction of sp³-hybridized carbons (Fsp3) is 0.333. The van der Waals surface area contributed by atoms with Crippen molar-refractivity contribution in [3.63, 3.8) is 0 Å². The van der Waals surface area contributed by atoms with Gasteiger partial charge in [-0.25, -0.2) is 0 Å². The molecule has 0 spiro atoms. The third-order valence-electron chi connectivity index (χ3n) is 2.26. The van der Waals surface area contributed by atoms with E-state index in [0.717, 1.165) is 11.3 Å². The van der Waals surface area contributed by atoms with Crippen molar-refractivity contribution in [2.45, 2.75) is 6.04 Å². The van der Waals surface area contributed by atoms with E-state index in [0.29, 0.717) is 0 Å². The van der Waals surface area contributed by atoms with Crippen LogP contribution in [0.2, 0.25) is 0 Å². The van der Waals surface area contributed by atoms with Crippen LogP contribution < -0.4 is 5.73 Å². The molecule has 1 atom stereocenters. The molecule has 0 bridgehead atoms. The Kier molecular flexibility index (Phi) is 2.09. The third-order valence-corrected chi connectivity index (χ3v) is 2.26. The van der Waals surface area contributed by atoms with E-state index >= 15 is 0 Å². The van der Waals surface area contributed by atoms with E-state index in [1.165, 1.54) is 0 Å². The molecule has 14 heavy (non-hydrogen) atoms. The Labute approximate surface area is 82.1 Å². The lowest BCUT2D eigenvalue weighted by molar-refractivity contribution is 0.672. The molecule has 0 radical (unpaired) electrons. The molecule has 0 aliphatic rings. The molecule has 2 aromatic heterocycles. The van der Waals surface area contributed by atoms with Gasteiger partial charge in [0.1, 0.15) is 0 Å². The summed E-state index contributed by atoms with van der Waals surface area (Å²) in [4.78, 5) is 0. The van der Waals surface area contributed by atoms with Crippen LogP contribution in [0.15, 0.2) is 24.7 Å². The van der Waals surface area contributed by atoms with Crippen LogP contribution in [0.4, 0.5) is 0 Å². The van der Waals surface area contributed by atoms with Crippen molar-refractivity contribution in [2.24, 2.45) is 19.8 Å². The zero-order chi connectivity index (χ0) is 10.1. The Morgan fingerprint density at radius 3 is 2.64 bits per heavy atom. The molecule has 0 aliphatic heterocycles. The molecule has 0 fully saturated rings. The largest absolute Gasteiger partial charge is 0.319 e. The van der Waals surface area contributed by atoms with Gasteiger partial charge in [-0.2, -0.15) is 10.2 Å². The molecule has 0 saturated carbocycles. The first kappa shape index (κ1) is 8.96. The zero-order valence-corrected chi connectivity index (χ0v) is 8.25. The average molecular weight is 191 g/mol. The van der Waals surface area contributed by atoms with Crippen molar-refractivity contribution in [1.29, 1.82) is 0 Å². The van der Waals surface area contributed by atoms with Crippen LogP contribution in [0.1, 0.15) is 17.3 Å². The van der Waals surface area contributed by atoms with Crippen molar-refractivity contribution < 1.29 is 0 Å². The third kappa shape index (κ3) is 1.42. The zero-order valence-electron chi connectivity index (χ0n) is 8.25. The summed E-state index contributed by atoms with van der Waals surface area (Å²) in [5.41, 5.74) is 8.04. The predicted molar refractivity (Wildman–Crippen MR) is 52.4 cm³/mol. The van der Waals surface area contributed by atoms with Gasteiger partial charge < -0.3 is 5.73 Å². The maximum absolute atomic E-state index is 6.06. The number of rotatable bonds is 2. The summed E-state index contributed by atoms with van der Waals surface area (Å²) < 4.78 is 3.52. The minimum atomic E-state index is -0.156. The molecule has 2 aromatic rings. The number of nitrogens with two attached hydrogens (primary N) is 1. The molecule has 0 saturated heterocycles. The van der Waals surface area contributed by atoms with Crippen LogP contribution in [0.5, 0.6) is 0 Å². The number of nitrogens with zero attached hydrogens (tertiary/aromatic N) is 4. The normalized spacial score (nSPS) is 13.1. The smallest absolute Gasteiger partial charge is 0.0753 e. The van der Waals surface area contributed by atoms with E-state index in [9.17, 15) is 0 Å². The lowest BCUT2D eigenvalue weighted by atomic mass is 10.1. The highest BCUT2D eigenvalue weighted by atomic mass is 15.3. The highest BCUT2D eigenvalue weighted by Gasteiger charge is 2.13. The molecular weight excluding hydrogens is 178 g/mol.